The molecule has 2 N–H and O–H groups in total. The lowest BCUT2D eigenvalue weighted by Crippen LogP contribution is -2.40. The molecule has 5 nitrogen and oxygen atoms in total. The van der Waals surface area contributed by atoms with E-state index < -0.39 is 0 Å². The van der Waals surface area contributed by atoms with Gasteiger partial charge in [0.1, 0.15) is 12.2 Å². The fourth-order valence-corrected chi connectivity index (χ4v) is 3.02. The van der Waals surface area contributed by atoms with Crippen LogP contribution in [0.2, 0.25) is 0 Å². The van der Waals surface area contributed by atoms with E-state index in [-0.39, 0.29) is 11.3 Å². The SMILES string of the molecule is CC(C)CC1(C(=O)NCc2ncn[nH]2)CCCC1. The molecule has 0 radical (unpaired) electrons. The minimum absolute atomic E-state index is 0.145. The Balaban J connectivity index is 1.95. The summed E-state index contributed by atoms with van der Waals surface area (Å²) in [6, 6.07) is 0. The Kier molecular flexibility index (Phi) is 3.99. The molecule has 1 amide bonds. The van der Waals surface area contributed by atoms with Gasteiger partial charge in [0.05, 0.1) is 6.54 Å². The normalized spacial score (nSPS) is 18.2. The van der Waals surface area contributed by atoms with E-state index in [0.717, 1.165) is 19.3 Å². The summed E-state index contributed by atoms with van der Waals surface area (Å²) in [5, 5.41) is 9.54. The van der Waals surface area contributed by atoms with Crippen molar-refractivity contribution in [1.29, 1.82) is 0 Å². The van der Waals surface area contributed by atoms with Crippen LogP contribution in [0, 0.1) is 11.3 Å². The number of H-pyrrole nitrogens is 1. The highest BCUT2D eigenvalue weighted by molar-refractivity contribution is 5.82. The van der Waals surface area contributed by atoms with Crippen molar-refractivity contribution in [2.75, 3.05) is 0 Å². The van der Waals surface area contributed by atoms with E-state index >= 15 is 0 Å². The van der Waals surface area contributed by atoms with E-state index in [1.54, 1.807) is 0 Å². The topological polar surface area (TPSA) is 70.7 Å². The highest BCUT2D eigenvalue weighted by Crippen LogP contribution is 2.43. The molecular formula is C13H22N4O. The van der Waals surface area contributed by atoms with Crippen LogP contribution in [-0.4, -0.2) is 21.1 Å². The van der Waals surface area contributed by atoms with Crippen molar-refractivity contribution in [1.82, 2.24) is 20.5 Å². The van der Waals surface area contributed by atoms with Crippen molar-refractivity contribution in [3.8, 4) is 0 Å². The number of aromatic nitrogens is 3. The quantitative estimate of drug-likeness (QED) is 0.840. The molecule has 1 aromatic heterocycles. The first-order chi connectivity index (χ1) is 8.62. The van der Waals surface area contributed by atoms with E-state index in [9.17, 15) is 4.79 Å². The van der Waals surface area contributed by atoms with Gasteiger partial charge >= 0.3 is 0 Å². The number of hydrogen-bond donors (Lipinski definition) is 2. The standard InChI is InChI=1S/C13H22N4O/c1-10(2)7-13(5-3-4-6-13)12(18)14-8-11-15-9-16-17-11/h9-10H,3-8H2,1-2H3,(H,14,18)(H,15,16,17). The molecule has 1 aliphatic rings. The number of nitrogens with zero attached hydrogens (tertiary/aromatic N) is 2. The van der Waals surface area contributed by atoms with Gasteiger partial charge in [0, 0.05) is 5.41 Å². The van der Waals surface area contributed by atoms with Gasteiger partial charge in [-0.25, -0.2) is 4.98 Å². The Morgan fingerprint density at radius 3 is 2.78 bits per heavy atom. The molecule has 0 aliphatic heterocycles. The average molecular weight is 250 g/mol. The molecule has 1 fully saturated rings. The number of carbonyl (C=O) groups excluding carboxylic acids is 1. The maximum absolute atomic E-state index is 12.4. The minimum atomic E-state index is -0.145. The second-order valence-corrected chi connectivity index (χ2v) is 5.70. The lowest BCUT2D eigenvalue weighted by atomic mass is 9.77. The van der Waals surface area contributed by atoms with Crippen molar-refractivity contribution in [3.63, 3.8) is 0 Å². The summed E-state index contributed by atoms with van der Waals surface area (Å²) < 4.78 is 0. The zero-order chi connectivity index (χ0) is 13.0. The zero-order valence-electron chi connectivity index (χ0n) is 11.2. The summed E-state index contributed by atoms with van der Waals surface area (Å²) in [6.45, 7) is 4.81. The molecule has 2 rings (SSSR count). The third-order valence-corrected chi connectivity index (χ3v) is 3.72. The van der Waals surface area contributed by atoms with Gasteiger partial charge in [-0.3, -0.25) is 9.89 Å². The third-order valence-electron chi connectivity index (χ3n) is 3.72. The monoisotopic (exact) mass is 250 g/mol. The molecule has 0 atom stereocenters. The lowest BCUT2D eigenvalue weighted by Gasteiger charge is -2.29. The van der Waals surface area contributed by atoms with E-state index in [4.69, 9.17) is 0 Å². The molecule has 1 saturated carbocycles. The molecule has 0 unspecified atom stereocenters. The average Bonchev–Trinajstić information content (AvgIpc) is 2.96. The Bertz CT molecular complexity index is 380. The van der Waals surface area contributed by atoms with Crippen LogP contribution in [0.4, 0.5) is 0 Å². The van der Waals surface area contributed by atoms with Crippen molar-refractivity contribution in [2.24, 2.45) is 11.3 Å². The van der Waals surface area contributed by atoms with Crippen LogP contribution in [0.1, 0.15) is 51.8 Å². The highest BCUT2D eigenvalue weighted by atomic mass is 16.2. The van der Waals surface area contributed by atoms with Crippen LogP contribution in [0.15, 0.2) is 6.33 Å². The number of nitrogens with one attached hydrogen (secondary N) is 2. The molecule has 18 heavy (non-hydrogen) atoms. The van der Waals surface area contributed by atoms with Crippen LogP contribution in [0.5, 0.6) is 0 Å². The molecule has 0 aromatic carbocycles. The molecule has 1 aliphatic carbocycles. The molecule has 0 saturated heterocycles. The first-order valence-corrected chi connectivity index (χ1v) is 6.75. The Hall–Kier alpha value is -1.39. The maximum atomic E-state index is 12.4. The van der Waals surface area contributed by atoms with Gasteiger partial charge in [0.25, 0.3) is 0 Å². The van der Waals surface area contributed by atoms with Crippen LogP contribution in [0.3, 0.4) is 0 Å². The summed E-state index contributed by atoms with van der Waals surface area (Å²) in [5.41, 5.74) is -0.145. The fourth-order valence-electron chi connectivity index (χ4n) is 3.02. The number of carbonyl (C=O) groups is 1. The first kappa shape index (κ1) is 13.1. The molecule has 1 heterocycles. The van der Waals surface area contributed by atoms with Crippen LogP contribution < -0.4 is 5.32 Å². The molecule has 1 aromatic rings. The summed E-state index contributed by atoms with van der Waals surface area (Å²) in [5.74, 6) is 1.45. The Morgan fingerprint density at radius 1 is 1.50 bits per heavy atom. The summed E-state index contributed by atoms with van der Waals surface area (Å²) in [6.07, 6.45) is 6.82. The third kappa shape index (κ3) is 2.89. The van der Waals surface area contributed by atoms with Crippen LogP contribution in [-0.2, 0) is 11.3 Å². The van der Waals surface area contributed by atoms with Crippen molar-refractivity contribution < 1.29 is 4.79 Å². The van der Waals surface area contributed by atoms with E-state index in [0.29, 0.717) is 18.3 Å². The van der Waals surface area contributed by atoms with Crippen molar-refractivity contribution in [3.05, 3.63) is 12.2 Å². The molecule has 100 valence electrons. The van der Waals surface area contributed by atoms with Gasteiger partial charge in [-0.15, -0.1) is 0 Å². The highest BCUT2D eigenvalue weighted by Gasteiger charge is 2.41. The number of amides is 1. The number of hydrogen-bond acceptors (Lipinski definition) is 3. The maximum Gasteiger partial charge on any atom is 0.226 e. The second-order valence-electron chi connectivity index (χ2n) is 5.70. The lowest BCUT2D eigenvalue weighted by molar-refractivity contribution is -0.132. The first-order valence-electron chi connectivity index (χ1n) is 6.75. The second kappa shape index (κ2) is 5.50. The van der Waals surface area contributed by atoms with Crippen molar-refractivity contribution in [2.45, 2.75) is 52.5 Å². The predicted molar refractivity (Wildman–Crippen MR) is 68.6 cm³/mol. The molecule has 5 heteroatoms. The van der Waals surface area contributed by atoms with Gasteiger partial charge < -0.3 is 5.32 Å². The van der Waals surface area contributed by atoms with Gasteiger partial charge in [0.15, 0.2) is 0 Å². The van der Waals surface area contributed by atoms with Gasteiger partial charge in [-0.2, -0.15) is 5.10 Å². The van der Waals surface area contributed by atoms with Gasteiger partial charge in [-0.1, -0.05) is 26.7 Å². The predicted octanol–water partition coefficient (Wildman–Crippen LogP) is 2.03. The summed E-state index contributed by atoms with van der Waals surface area (Å²) in [4.78, 5) is 16.4. The Labute approximate surface area is 108 Å². The summed E-state index contributed by atoms with van der Waals surface area (Å²) in [7, 11) is 0. The molecule has 0 bridgehead atoms. The van der Waals surface area contributed by atoms with Gasteiger partial charge in [0.2, 0.25) is 5.91 Å². The van der Waals surface area contributed by atoms with Gasteiger partial charge in [-0.05, 0) is 25.2 Å². The summed E-state index contributed by atoms with van der Waals surface area (Å²) >= 11 is 0. The fraction of sp³-hybridized carbons (Fsp3) is 0.769. The Morgan fingerprint density at radius 2 is 2.22 bits per heavy atom. The largest absolute Gasteiger partial charge is 0.348 e. The number of rotatable bonds is 5. The minimum Gasteiger partial charge on any atom is -0.348 e. The van der Waals surface area contributed by atoms with E-state index in [2.05, 4.69) is 34.3 Å². The number of aromatic amines is 1. The smallest absolute Gasteiger partial charge is 0.226 e. The van der Waals surface area contributed by atoms with Crippen LogP contribution >= 0.6 is 0 Å². The molecular weight excluding hydrogens is 228 g/mol. The molecule has 0 spiro atoms. The van der Waals surface area contributed by atoms with Crippen LogP contribution in [0.25, 0.3) is 0 Å². The zero-order valence-corrected chi connectivity index (χ0v) is 11.2. The van der Waals surface area contributed by atoms with E-state index in [1.807, 2.05) is 0 Å². The van der Waals surface area contributed by atoms with E-state index in [1.165, 1.54) is 19.2 Å². The van der Waals surface area contributed by atoms with Crippen molar-refractivity contribution >= 4 is 5.91 Å².